The van der Waals surface area contributed by atoms with Gasteiger partial charge in [-0.2, -0.15) is 0 Å². The van der Waals surface area contributed by atoms with Gasteiger partial charge < -0.3 is 9.47 Å². The summed E-state index contributed by atoms with van der Waals surface area (Å²) in [4.78, 5) is 12.1. The van der Waals surface area contributed by atoms with Crippen molar-refractivity contribution in [2.45, 2.75) is 24.7 Å². The number of carbonyl (C=O) groups excluding carboxylic acids is 1. The smallest absolute Gasteiger partial charge is 0.244 e. The van der Waals surface area contributed by atoms with E-state index < -0.39 is 5.41 Å². The molecular weight excluding hydrogens is 244 g/mol. The van der Waals surface area contributed by atoms with Gasteiger partial charge in [-0.25, -0.2) is 5.43 Å². The molecule has 1 heterocycles. The van der Waals surface area contributed by atoms with E-state index in [0.717, 1.165) is 36.3 Å². The molecule has 0 bridgehead atoms. The van der Waals surface area contributed by atoms with Crippen LogP contribution in [0.4, 0.5) is 0 Å². The monoisotopic (exact) mass is 262 g/mol. The third-order valence-corrected chi connectivity index (χ3v) is 3.72. The summed E-state index contributed by atoms with van der Waals surface area (Å²) in [5.74, 6) is 1.54. The number of fused-ring (bicyclic) bond motifs is 1. The Morgan fingerprint density at radius 3 is 2.63 bits per heavy atom. The molecule has 1 aromatic carbocycles. The molecule has 1 saturated carbocycles. The molecule has 5 heteroatoms. The summed E-state index contributed by atoms with van der Waals surface area (Å²) >= 11 is 0. The standard InChI is InChI=1S/C14H18N2O3/c1-15-16-13(17)14(5-6-14)10-3-4-11-12(9-10)19-8-2-7-18-11/h3-4,9,15H,2,5-8H2,1H3,(H,16,17). The van der Waals surface area contributed by atoms with Crippen LogP contribution in [0.25, 0.3) is 0 Å². The van der Waals surface area contributed by atoms with Gasteiger partial charge in [-0.05, 0) is 30.5 Å². The summed E-state index contributed by atoms with van der Waals surface area (Å²) in [5.41, 5.74) is 5.99. The molecule has 0 radical (unpaired) electrons. The molecule has 0 saturated heterocycles. The van der Waals surface area contributed by atoms with Gasteiger partial charge in [0.15, 0.2) is 11.5 Å². The summed E-state index contributed by atoms with van der Waals surface area (Å²) in [6.07, 6.45) is 2.63. The number of hydrogen-bond donors (Lipinski definition) is 2. The lowest BCUT2D eigenvalue weighted by atomic mass is 9.95. The zero-order chi connectivity index (χ0) is 13.3. The molecule has 1 aliphatic carbocycles. The molecule has 1 fully saturated rings. The maximum absolute atomic E-state index is 12.1. The average Bonchev–Trinajstić information content (AvgIpc) is 3.23. The third kappa shape index (κ3) is 2.14. The highest BCUT2D eigenvalue weighted by molar-refractivity contribution is 5.91. The van der Waals surface area contributed by atoms with Crippen LogP contribution in [0.15, 0.2) is 18.2 Å². The second kappa shape index (κ2) is 4.74. The molecule has 5 nitrogen and oxygen atoms in total. The zero-order valence-corrected chi connectivity index (χ0v) is 11.0. The SMILES string of the molecule is CNNC(=O)C1(c2ccc3c(c2)OCCCO3)CC1. The fraction of sp³-hybridized carbons (Fsp3) is 0.500. The summed E-state index contributed by atoms with van der Waals surface area (Å²) in [6, 6.07) is 5.82. The molecule has 1 aromatic rings. The van der Waals surface area contributed by atoms with Gasteiger partial charge in [0.1, 0.15) is 0 Å². The fourth-order valence-electron chi connectivity index (χ4n) is 2.47. The van der Waals surface area contributed by atoms with Crippen molar-refractivity contribution < 1.29 is 14.3 Å². The first-order valence-corrected chi connectivity index (χ1v) is 6.63. The van der Waals surface area contributed by atoms with Gasteiger partial charge in [0.2, 0.25) is 5.91 Å². The minimum Gasteiger partial charge on any atom is -0.490 e. The Kier molecular flexibility index (Phi) is 3.06. The number of rotatable bonds is 3. The Balaban J connectivity index is 1.90. The normalized spacial score (nSPS) is 19.4. The van der Waals surface area contributed by atoms with Crippen molar-refractivity contribution in [2.24, 2.45) is 0 Å². The van der Waals surface area contributed by atoms with Crippen LogP contribution >= 0.6 is 0 Å². The van der Waals surface area contributed by atoms with Crippen LogP contribution in [0.5, 0.6) is 11.5 Å². The van der Waals surface area contributed by atoms with Crippen molar-refractivity contribution in [3.63, 3.8) is 0 Å². The van der Waals surface area contributed by atoms with E-state index in [1.165, 1.54) is 0 Å². The number of amides is 1. The van der Waals surface area contributed by atoms with Gasteiger partial charge in [0.25, 0.3) is 0 Å². The fourth-order valence-corrected chi connectivity index (χ4v) is 2.47. The van der Waals surface area contributed by atoms with E-state index in [1.54, 1.807) is 7.05 Å². The van der Waals surface area contributed by atoms with Crippen LogP contribution < -0.4 is 20.3 Å². The summed E-state index contributed by atoms with van der Waals surface area (Å²) < 4.78 is 11.3. The zero-order valence-electron chi connectivity index (χ0n) is 11.0. The second-order valence-corrected chi connectivity index (χ2v) is 5.00. The first kappa shape index (κ1) is 12.3. The largest absolute Gasteiger partial charge is 0.490 e. The maximum atomic E-state index is 12.1. The molecule has 0 spiro atoms. The Bertz CT molecular complexity index is 497. The summed E-state index contributed by atoms with van der Waals surface area (Å²) in [5, 5.41) is 0. The van der Waals surface area contributed by atoms with Gasteiger partial charge >= 0.3 is 0 Å². The molecule has 3 rings (SSSR count). The van der Waals surface area contributed by atoms with Crippen LogP contribution in [-0.2, 0) is 10.2 Å². The van der Waals surface area contributed by atoms with Crippen molar-refractivity contribution in [3.05, 3.63) is 23.8 Å². The second-order valence-electron chi connectivity index (χ2n) is 5.00. The van der Waals surface area contributed by atoms with Crippen LogP contribution in [0.1, 0.15) is 24.8 Å². The number of benzene rings is 1. The number of ether oxygens (including phenoxy) is 2. The lowest BCUT2D eigenvalue weighted by Gasteiger charge is -2.17. The predicted molar refractivity (Wildman–Crippen MR) is 70.2 cm³/mol. The summed E-state index contributed by atoms with van der Waals surface area (Å²) in [6.45, 7) is 1.34. The van der Waals surface area contributed by atoms with Crippen molar-refractivity contribution >= 4 is 5.91 Å². The molecule has 0 atom stereocenters. The minimum atomic E-state index is -0.395. The molecule has 1 aliphatic heterocycles. The predicted octanol–water partition coefficient (Wildman–Crippen LogP) is 1.13. The van der Waals surface area contributed by atoms with Crippen LogP contribution in [0.2, 0.25) is 0 Å². The molecule has 19 heavy (non-hydrogen) atoms. The average molecular weight is 262 g/mol. The Hall–Kier alpha value is -1.75. The van der Waals surface area contributed by atoms with Crippen LogP contribution in [-0.4, -0.2) is 26.2 Å². The van der Waals surface area contributed by atoms with Crippen molar-refractivity contribution in [1.82, 2.24) is 10.9 Å². The van der Waals surface area contributed by atoms with E-state index in [0.29, 0.717) is 13.2 Å². The van der Waals surface area contributed by atoms with Crippen molar-refractivity contribution in [2.75, 3.05) is 20.3 Å². The van der Waals surface area contributed by atoms with E-state index in [1.807, 2.05) is 18.2 Å². The van der Waals surface area contributed by atoms with Gasteiger partial charge in [-0.3, -0.25) is 10.2 Å². The Morgan fingerprint density at radius 1 is 1.21 bits per heavy atom. The first-order chi connectivity index (χ1) is 9.26. The van der Waals surface area contributed by atoms with Gasteiger partial charge in [0, 0.05) is 13.5 Å². The summed E-state index contributed by atoms with van der Waals surface area (Å²) in [7, 11) is 1.70. The Morgan fingerprint density at radius 2 is 1.95 bits per heavy atom. The van der Waals surface area contributed by atoms with E-state index in [2.05, 4.69) is 10.9 Å². The van der Waals surface area contributed by atoms with Gasteiger partial charge in [-0.1, -0.05) is 6.07 Å². The highest BCUT2D eigenvalue weighted by Crippen LogP contribution is 2.50. The molecule has 0 unspecified atom stereocenters. The third-order valence-electron chi connectivity index (χ3n) is 3.72. The van der Waals surface area contributed by atoms with Crippen molar-refractivity contribution in [1.29, 1.82) is 0 Å². The van der Waals surface area contributed by atoms with Crippen LogP contribution in [0.3, 0.4) is 0 Å². The van der Waals surface area contributed by atoms with E-state index >= 15 is 0 Å². The van der Waals surface area contributed by atoms with Gasteiger partial charge in [-0.15, -0.1) is 0 Å². The minimum absolute atomic E-state index is 0.0180. The van der Waals surface area contributed by atoms with E-state index in [4.69, 9.17) is 9.47 Å². The van der Waals surface area contributed by atoms with E-state index in [-0.39, 0.29) is 5.91 Å². The number of hydrogen-bond acceptors (Lipinski definition) is 4. The van der Waals surface area contributed by atoms with Crippen LogP contribution in [0, 0.1) is 0 Å². The number of nitrogens with one attached hydrogen (secondary N) is 2. The highest BCUT2D eigenvalue weighted by Gasteiger charge is 2.51. The van der Waals surface area contributed by atoms with Crippen molar-refractivity contribution in [3.8, 4) is 11.5 Å². The van der Waals surface area contributed by atoms with Gasteiger partial charge in [0.05, 0.1) is 18.6 Å². The topological polar surface area (TPSA) is 59.6 Å². The van der Waals surface area contributed by atoms with E-state index in [9.17, 15) is 4.79 Å². The number of hydrazine groups is 1. The molecule has 2 N–H and O–H groups in total. The lowest BCUT2D eigenvalue weighted by molar-refractivity contribution is -0.124. The Labute approximate surface area is 112 Å². The molecule has 102 valence electrons. The maximum Gasteiger partial charge on any atom is 0.244 e. The first-order valence-electron chi connectivity index (χ1n) is 6.63. The lowest BCUT2D eigenvalue weighted by Crippen LogP contribution is -2.41. The molecule has 2 aliphatic rings. The molecule has 1 amide bonds. The number of carbonyl (C=O) groups is 1. The highest BCUT2D eigenvalue weighted by atomic mass is 16.5. The molecular formula is C14H18N2O3. The quantitative estimate of drug-likeness (QED) is 0.802. The molecule has 0 aromatic heterocycles.